The number of benzene rings is 1. The highest BCUT2D eigenvalue weighted by atomic mass is 127. The van der Waals surface area contributed by atoms with Crippen molar-refractivity contribution < 1.29 is 0 Å². The molecular formula is C17H27IN4. The molecule has 1 aromatic carbocycles. The standard InChI is InChI=1S/C17H26N4.HI/c1-3-4-5-8-11-19-17(18-2)20-13-15-12-14-9-6-7-10-16(14)21-15;/h6-7,9-10,12,21H,3-5,8,11,13H2,1-2H3,(H2,18,19,20);1H. The van der Waals surface area contributed by atoms with Crippen LogP contribution in [0.2, 0.25) is 0 Å². The molecule has 122 valence electrons. The molecule has 0 aliphatic carbocycles. The molecule has 0 spiro atoms. The van der Waals surface area contributed by atoms with Crippen LogP contribution in [0.4, 0.5) is 0 Å². The van der Waals surface area contributed by atoms with Gasteiger partial charge >= 0.3 is 0 Å². The summed E-state index contributed by atoms with van der Waals surface area (Å²) >= 11 is 0. The maximum Gasteiger partial charge on any atom is 0.191 e. The lowest BCUT2D eigenvalue weighted by molar-refractivity contribution is 0.646. The number of H-pyrrole nitrogens is 1. The Kier molecular flexibility index (Phi) is 8.96. The molecular weight excluding hydrogens is 387 g/mol. The third kappa shape index (κ3) is 5.87. The number of fused-ring (bicyclic) bond motifs is 1. The van der Waals surface area contributed by atoms with E-state index in [1.165, 1.54) is 42.3 Å². The van der Waals surface area contributed by atoms with Crippen LogP contribution in [0.15, 0.2) is 35.3 Å². The number of rotatable bonds is 7. The van der Waals surface area contributed by atoms with Crippen molar-refractivity contribution in [1.29, 1.82) is 0 Å². The molecule has 0 saturated heterocycles. The predicted octanol–water partition coefficient (Wildman–Crippen LogP) is 4.03. The Hall–Kier alpha value is -1.24. The summed E-state index contributed by atoms with van der Waals surface area (Å²) in [6.07, 6.45) is 5.06. The Balaban J connectivity index is 0.00000242. The average molecular weight is 414 g/mol. The van der Waals surface area contributed by atoms with Gasteiger partial charge in [0, 0.05) is 24.8 Å². The average Bonchev–Trinajstić information content (AvgIpc) is 2.93. The van der Waals surface area contributed by atoms with Gasteiger partial charge in [-0.25, -0.2) is 0 Å². The van der Waals surface area contributed by atoms with E-state index in [-0.39, 0.29) is 24.0 Å². The van der Waals surface area contributed by atoms with Crippen LogP contribution in [0, 0.1) is 0 Å². The van der Waals surface area contributed by atoms with Crippen molar-refractivity contribution in [3.8, 4) is 0 Å². The summed E-state index contributed by atoms with van der Waals surface area (Å²) in [5, 5.41) is 7.95. The van der Waals surface area contributed by atoms with E-state index < -0.39 is 0 Å². The molecule has 0 unspecified atom stereocenters. The fourth-order valence-electron chi connectivity index (χ4n) is 2.39. The number of aromatic amines is 1. The molecule has 0 saturated carbocycles. The monoisotopic (exact) mass is 414 g/mol. The van der Waals surface area contributed by atoms with E-state index in [1.807, 2.05) is 13.1 Å². The Morgan fingerprint density at radius 2 is 1.95 bits per heavy atom. The van der Waals surface area contributed by atoms with Crippen LogP contribution < -0.4 is 10.6 Å². The van der Waals surface area contributed by atoms with Crippen molar-refractivity contribution in [3.63, 3.8) is 0 Å². The molecule has 2 rings (SSSR count). The fourth-order valence-corrected chi connectivity index (χ4v) is 2.39. The number of nitrogens with zero attached hydrogens (tertiary/aromatic N) is 1. The van der Waals surface area contributed by atoms with Crippen molar-refractivity contribution >= 4 is 40.8 Å². The second-order valence-corrected chi connectivity index (χ2v) is 5.30. The van der Waals surface area contributed by atoms with Crippen LogP contribution in [0.25, 0.3) is 10.9 Å². The zero-order valence-electron chi connectivity index (χ0n) is 13.5. The van der Waals surface area contributed by atoms with Gasteiger partial charge in [0.05, 0.1) is 6.54 Å². The van der Waals surface area contributed by atoms with Crippen molar-refractivity contribution in [2.75, 3.05) is 13.6 Å². The Labute approximate surface area is 150 Å². The summed E-state index contributed by atoms with van der Waals surface area (Å²) in [4.78, 5) is 7.67. The highest BCUT2D eigenvalue weighted by molar-refractivity contribution is 14.0. The second-order valence-electron chi connectivity index (χ2n) is 5.30. The first-order valence-corrected chi connectivity index (χ1v) is 7.84. The minimum Gasteiger partial charge on any atom is -0.357 e. The Bertz CT molecular complexity index is 544. The van der Waals surface area contributed by atoms with Crippen LogP contribution in [-0.2, 0) is 6.54 Å². The van der Waals surface area contributed by atoms with Crippen molar-refractivity contribution in [2.45, 2.75) is 39.2 Å². The lowest BCUT2D eigenvalue weighted by Crippen LogP contribution is -2.37. The quantitative estimate of drug-likeness (QED) is 0.277. The lowest BCUT2D eigenvalue weighted by atomic mass is 10.2. The summed E-state index contributed by atoms with van der Waals surface area (Å²) in [6, 6.07) is 10.5. The van der Waals surface area contributed by atoms with Gasteiger partial charge in [-0.1, -0.05) is 44.4 Å². The molecule has 1 aromatic heterocycles. The summed E-state index contributed by atoms with van der Waals surface area (Å²) in [6.45, 7) is 3.96. The van der Waals surface area contributed by atoms with Gasteiger partial charge in [0.25, 0.3) is 0 Å². The molecule has 22 heavy (non-hydrogen) atoms. The first-order valence-electron chi connectivity index (χ1n) is 7.84. The van der Waals surface area contributed by atoms with Gasteiger partial charge in [-0.3, -0.25) is 4.99 Å². The molecule has 1 heterocycles. The van der Waals surface area contributed by atoms with E-state index in [4.69, 9.17) is 0 Å². The van der Waals surface area contributed by atoms with Gasteiger partial charge in [0.1, 0.15) is 0 Å². The molecule has 0 radical (unpaired) electrons. The topological polar surface area (TPSA) is 52.2 Å². The maximum absolute atomic E-state index is 4.26. The van der Waals surface area contributed by atoms with Gasteiger partial charge in [0.15, 0.2) is 5.96 Å². The van der Waals surface area contributed by atoms with Crippen molar-refractivity contribution in [1.82, 2.24) is 15.6 Å². The highest BCUT2D eigenvalue weighted by Crippen LogP contribution is 2.14. The van der Waals surface area contributed by atoms with Gasteiger partial charge in [-0.05, 0) is 23.9 Å². The van der Waals surface area contributed by atoms with E-state index in [2.05, 4.69) is 51.8 Å². The molecule has 4 nitrogen and oxygen atoms in total. The largest absolute Gasteiger partial charge is 0.357 e. The highest BCUT2D eigenvalue weighted by Gasteiger charge is 2.01. The van der Waals surface area contributed by atoms with E-state index >= 15 is 0 Å². The number of aromatic nitrogens is 1. The lowest BCUT2D eigenvalue weighted by Gasteiger charge is -2.11. The molecule has 0 atom stereocenters. The molecule has 0 amide bonds. The molecule has 0 fully saturated rings. The predicted molar refractivity (Wildman–Crippen MR) is 106 cm³/mol. The smallest absolute Gasteiger partial charge is 0.191 e. The summed E-state index contributed by atoms with van der Waals surface area (Å²) in [5.41, 5.74) is 2.35. The van der Waals surface area contributed by atoms with Crippen LogP contribution in [-0.4, -0.2) is 24.5 Å². The number of nitrogens with one attached hydrogen (secondary N) is 3. The number of hydrogen-bond acceptors (Lipinski definition) is 1. The summed E-state index contributed by atoms with van der Waals surface area (Å²) in [7, 11) is 1.81. The number of unbranched alkanes of at least 4 members (excludes halogenated alkanes) is 3. The molecule has 3 N–H and O–H groups in total. The van der Waals surface area contributed by atoms with Gasteiger partial charge < -0.3 is 15.6 Å². The first-order chi connectivity index (χ1) is 10.3. The number of hydrogen-bond donors (Lipinski definition) is 3. The number of para-hydroxylation sites is 1. The zero-order chi connectivity index (χ0) is 14.9. The fraction of sp³-hybridized carbons (Fsp3) is 0.471. The Morgan fingerprint density at radius 3 is 2.68 bits per heavy atom. The normalized spacial score (nSPS) is 11.3. The molecule has 0 aliphatic heterocycles. The number of aliphatic imine (C=N–C) groups is 1. The maximum atomic E-state index is 4.26. The van der Waals surface area contributed by atoms with Crippen LogP contribution in [0.3, 0.4) is 0 Å². The van der Waals surface area contributed by atoms with Gasteiger partial charge in [-0.2, -0.15) is 0 Å². The van der Waals surface area contributed by atoms with Crippen molar-refractivity contribution in [2.24, 2.45) is 4.99 Å². The zero-order valence-corrected chi connectivity index (χ0v) is 15.8. The van der Waals surface area contributed by atoms with E-state index in [9.17, 15) is 0 Å². The van der Waals surface area contributed by atoms with Gasteiger partial charge in [0.2, 0.25) is 0 Å². The summed E-state index contributed by atoms with van der Waals surface area (Å²) < 4.78 is 0. The third-order valence-corrected chi connectivity index (χ3v) is 3.58. The third-order valence-electron chi connectivity index (χ3n) is 3.58. The van der Waals surface area contributed by atoms with Crippen LogP contribution in [0.1, 0.15) is 38.3 Å². The minimum atomic E-state index is 0. The molecule has 5 heteroatoms. The van der Waals surface area contributed by atoms with E-state index in [0.717, 1.165) is 19.0 Å². The Morgan fingerprint density at radius 1 is 1.14 bits per heavy atom. The molecule has 0 bridgehead atoms. The molecule has 0 aliphatic rings. The van der Waals surface area contributed by atoms with Crippen LogP contribution >= 0.6 is 24.0 Å². The second kappa shape index (κ2) is 10.5. The number of guanidine groups is 1. The SMILES string of the molecule is CCCCCCNC(=NC)NCc1cc2ccccc2[nH]1.I. The van der Waals surface area contributed by atoms with E-state index in [0.29, 0.717) is 0 Å². The van der Waals surface area contributed by atoms with E-state index in [1.54, 1.807) is 0 Å². The van der Waals surface area contributed by atoms with Crippen LogP contribution in [0.5, 0.6) is 0 Å². The minimum absolute atomic E-state index is 0. The first kappa shape index (κ1) is 18.8. The number of halogens is 1. The van der Waals surface area contributed by atoms with Crippen molar-refractivity contribution in [3.05, 3.63) is 36.0 Å². The molecule has 2 aromatic rings. The summed E-state index contributed by atoms with van der Waals surface area (Å²) in [5.74, 6) is 0.866. The van der Waals surface area contributed by atoms with Gasteiger partial charge in [-0.15, -0.1) is 24.0 Å².